The molecule has 1 rings (SSSR count). The first-order valence-electron chi connectivity index (χ1n) is 4.70. The van der Waals surface area contributed by atoms with Crippen molar-refractivity contribution in [2.45, 2.75) is 6.92 Å². The highest BCUT2D eigenvalue weighted by molar-refractivity contribution is 6.22. The highest BCUT2D eigenvalue weighted by Crippen LogP contribution is 2.23. The fourth-order valence-corrected chi connectivity index (χ4v) is 1.11. The first-order valence-corrected chi connectivity index (χ1v) is 4.70. The average Bonchev–Trinajstić information content (AvgIpc) is 2.28. The third-order valence-corrected chi connectivity index (χ3v) is 2.05. The number of anilines is 1. The summed E-state index contributed by atoms with van der Waals surface area (Å²) in [5, 5.41) is 2.56. The number of rotatable bonds is 4. The van der Waals surface area contributed by atoms with Crippen LogP contribution in [0, 0.1) is 0 Å². The van der Waals surface area contributed by atoms with Crippen molar-refractivity contribution in [3.8, 4) is 5.75 Å². The molecule has 0 atom stereocenters. The molecule has 1 aromatic carbocycles. The van der Waals surface area contributed by atoms with Crippen LogP contribution in [0.25, 0.3) is 0 Å². The second-order valence-corrected chi connectivity index (χ2v) is 3.19. The fourth-order valence-electron chi connectivity index (χ4n) is 1.11. The van der Waals surface area contributed by atoms with Gasteiger partial charge in [0.15, 0.2) is 5.78 Å². The highest BCUT2D eigenvalue weighted by Gasteiger charge is 2.13. The minimum Gasteiger partial charge on any atom is -0.495 e. The fraction of sp³-hybridized carbons (Fsp3) is 0.167. The van der Waals surface area contributed by atoms with Crippen LogP contribution in [0.2, 0.25) is 0 Å². The number of methoxy groups -OCH3 is 1. The van der Waals surface area contributed by atoms with Crippen molar-refractivity contribution in [1.29, 1.82) is 0 Å². The van der Waals surface area contributed by atoms with Gasteiger partial charge in [-0.05, 0) is 19.1 Å². The van der Waals surface area contributed by atoms with E-state index in [0.717, 1.165) is 0 Å². The molecule has 1 amide bonds. The molecule has 0 aromatic heterocycles. The molecule has 0 saturated carbocycles. The maximum absolute atomic E-state index is 11.5. The third-order valence-electron chi connectivity index (χ3n) is 2.05. The molecule has 0 bridgehead atoms. The summed E-state index contributed by atoms with van der Waals surface area (Å²) < 4.78 is 5.06. The Bertz CT molecular complexity index is 438. The summed E-state index contributed by atoms with van der Waals surface area (Å²) in [7, 11) is 1.50. The van der Waals surface area contributed by atoms with E-state index in [9.17, 15) is 9.59 Å². The van der Waals surface area contributed by atoms with E-state index in [4.69, 9.17) is 4.74 Å². The summed E-state index contributed by atoms with van der Waals surface area (Å²) >= 11 is 0. The molecular formula is C12H13NO3. The van der Waals surface area contributed by atoms with Crippen LogP contribution in [0.15, 0.2) is 36.4 Å². The molecule has 0 unspecified atom stereocenters. The topological polar surface area (TPSA) is 55.4 Å². The molecule has 0 saturated heterocycles. The normalized spacial score (nSPS) is 9.38. The molecular weight excluding hydrogens is 206 g/mol. The van der Waals surface area contributed by atoms with Crippen molar-refractivity contribution in [1.82, 2.24) is 0 Å². The predicted octanol–water partition coefficient (Wildman–Crippen LogP) is 1.78. The second kappa shape index (κ2) is 5.11. The number of amides is 1. The monoisotopic (exact) mass is 219 g/mol. The molecule has 0 radical (unpaired) electrons. The van der Waals surface area contributed by atoms with Gasteiger partial charge in [-0.2, -0.15) is 0 Å². The van der Waals surface area contributed by atoms with E-state index in [1.54, 1.807) is 24.3 Å². The van der Waals surface area contributed by atoms with Crippen molar-refractivity contribution in [2.24, 2.45) is 0 Å². The van der Waals surface area contributed by atoms with Gasteiger partial charge < -0.3 is 10.1 Å². The summed E-state index contributed by atoms with van der Waals surface area (Å²) in [6.07, 6.45) is 0. The lowest BCUT2D eigenvalue weighted by Gasteiger charge is -2.09. The largest absolute Gasteiger partial charge is 0.495 e. The lowest BCUT2D eigenvalue weighted by atomic mass is 10.2. The van der Waals surface area contributed by atoms with E-state index in [0.29, 0.717) is 11.4 Å². The Labute approximate surface area is 93.9 Å². The number of ketones is 1. The average molecular weight is 219 g/mol. The van der Waals surface area contributed by atoms with E-state index < -0.39 is 5.91 Å². The Hall–Kier alpha value is -2.10. The zero-order chi connectivity index (χ0) is 12.1. The SMILES string of the molecule is C=C(C(C)=O)C(=O)Nc1ccccc1OC. The van der Waals surface area contributed by atoms with Crippen LogP contribution in [-0.4, -0.2) is 18.8 Å². The number of nitrogens with one attached hydrogen (secondary N) is 1. The van der Waals surface area contributed by atoms with Crippen LogP contribution in [0.1, 0.15) is 6.92 Å². The predicted molar refractivity (Wildman–Crippen MR) is 61.4 cm³/mol. The number of benzene rings is 1. The molecule has 0 aliphatic heterocycles. The van der Waals surface area contributed by atoms with Gasteiger partial charge in [-0.3, -0.25) is 9.59 Å². The molecule has 4 nitrogen and oxygen atoms in total. The van der Waals surface area contributed by atoms with Crippen molar-refractivity contribution in [2.75, 3.05) is 12.4 Å². The molecule has 0 heterocycles. The lowest BCUT2D eigenvalue weighted by Crippen LogP contribution is -2.18. The van der Waals surface area contributed by atoms with Crippen LogP contribution in [-0.2, 0) is 9.59 Å². The summed E-state index contributed by atoms with van der Waals surface area (Å²) in [5.74, 6) is -0.336. The zero-order valence-corrected chi connectivity index (χ0v) is 9.24. The lowest BCUT2D eigenvalue weighted by molar-refractivity contribution is -0.118. The summed E-state index contributed by atoms with van der Waals surface area (Å²) in [4.78, 5) is 22.5. The van der Waals surface area contributed by atoms with Gasteiger partial charge >= 0.3 is 0 Å². The smallest absolute Gasteiger partial charge is 0.258 e. The molecule has 0 aliphatic rings. The molecule has 84 valence electrons. The van der Waals surface area contributed by atoms with Crippen LogP contribution in [0.5, 0.6) is 5.75 Å². The van der Waals surface area contributed by atoms with Gasteiger partial charge in [-0.15, -0.1) is 0 Å². The van der Waals surface area contributed by atoms with Gasteiger partial charge in [0.2, 0.25) is 0 Å². The van der Waals surface area contributed by atoms with Gasteiger partial charge in [0.25, 0.3) is 5.91 Å². The van der Waals surface area contributed by atoms with Crippen LogP contribution >= 0.6 is 0 Å². The van der Waals surface area contributed by atoms with Gasteiger partial charge in [0, 0.05) is 0 Å². The molecule has 16 heavy (non-hydrogen) atoms. The highest BCUT2D eigenvalue weighted by atomic mass is 16.5. The van der Waals surface area contributed by atoms with Crippen molar-refractivity contribution < 1.29 is 14.3 Å². The summed E-state index contributed by atoms with van der Waals surface area (Å²) in [6.45, 7) is 4.70. The van der Waals surface area contributed by atoms with Crippen molar-refractivity contribution >= 4 is 17.4 Å². The van der Waals surface area contributed by atoms with E-state index in [-0.39, 0.29) is 11.4 Å². The van der Waals surface area contributed by atoms with Crippen LogP contribution in [0.4, 0.5) is 5.69 Å². The summed E-state index contributed by atoms with van der Waals surface area (Å²) in [6, 6.07) is 6.94. The maximum atomic E-state index is 11.5. The Balaban J connectivity index is 2.85. The molecule has 1 aromatic rings. The minimum absolute atomic E-state index is 0.0779. The van der Waals surface area contributed by atoms with Gasteiger partial charge in [0.05, 0.1) is 18.4 Å². The van der Waals surface area contributed by atoms with E-state index >= 15 is 0 Å². The number of carbonyl (C=O) groups is 2. The standard InChI is InChI=1S/C12H13NO3/c1-8(9(2)14)12(15)13-10-6-4-5-7-11(10)16-3/h4-7H,1H2,2-3H3,(H,13,15). The third kappa shape index (κ3) is 2.70. The second-order valence-electron chi connectivity index (χ2n) is 3.19. The number of para-hydroxylation sites is 2. The molecule has 0 aliphatic carbocycles. The maximum Gasteiger partial charge on any atom is 0.258 e. The van der Waals surface area contributed by atoms with E-state index in [1.807, 2.05) is 0 Å². The molecule has 1 N–H and O–H groups in total. The first-order chi connectivity index (χ1) is 7.56. The Kier molecular flexibility index (Phi) is 3.83. The molecule has 4 heteroatoms. The Morgan fingerprint density at radius 1 is 1.31 bits per heavy atom. The van der Waals surface area contributed by atoms with Crippen LogP contribution in [0.3, 0.4) is 0 Å². The number of ether oxygens (including phenoxy) is 1. The first kappa shape index (κ1) is 12.0. The quantitative estimate of drug-likeness (QED) is 0.477. The summed E-state index contributed by atoms with van der Waals surface area (Å²) in [5.41, 5.74) is 0.434. The van der Waals surface area contributed by atoms with Crippen LogP contribution < -0.4 is 10.1 Å². The van der Waals surface area contributed by atoms with Gasteiger partial charge in [-0.25, -0.2) is 0 Å². The minimum atomic E-state index is -0.517. The van der Waals surface area contributed by atoms with E-state index in [1.165, 1.54) is 14.0 Å². The van der Waals surface area contributed by atoms with Gasteiger partial charge in [-0.1, -0.05) is 18.7 Å². The van der Waals surface area contributed by atoms with E-state index in [2.05, 4.69) is 11.9 Å². The van der Waals surface area contributed by atoms with Gasteiger partial charge in [0.1, 0.15) is 5.75 Å². The molecule has 0 fully saturated rings. The number of carbonyl (C=O) groups excluding carboxylic acids is 2. The number of hydrogen-bond donors (Lipinski definition) is 1. The van der Waals surface area contributed by atoms with Crippen molar-refractivity contribution in [3.05, 3.63) is 36.4 Å². The number of hydrogen-bond acceptors (Lipinski definition) is 3. The Morgan fingerprint density at radius 2 is 1.94 bits per heavy atom. The molecule has 0 spiro atoms. The zero-order valence-electron chi connectivity index (χ0n) is 9.24. The Morgan fingerprint density at radius 3 is 2.50 bits per heavy atom. The van der Waals surface area contributed by atoms with Crippen molar-refractivity contribution in [3.63, 3.8) is 0 Å². The number of Topliss-reactive ketones (excluding diaryl/α,β-unsaturated/α-hetero) is 1.